The van der Waals surface area contributed by atoms with Crippen LogP contribution < -0.4 is 0 Å². The number of fused-ring (bicyclic) bond motifs is 1. The normalized spacial score (nSPS) is 11.0. The molecule has 0 aliphatic heterocycles. The average Bonchev–Trinajstić information content (AvgIpc) is 2.52. The molecule has 106 valence electrons. The second-order valence-electron chi connectivity index (χ2n) is 4.74. The van der Waals surface area contributed by atoms with E-state index in [0.29, 0.717) is 16.6 Å². The molecule has 1 nitrogen and oxygen atoms in total. The van der Waals surface area contributed by atoms with Gasteiger partial charge in [0.1, 0.15) is 5.15 Å². The van der Waals surface area contributed by atoms with E-state index >= 15 is 0 Å². The largest absolute Gasteiger partial charge is 0.236 e. The van der Waals surface area contributed by atoms with Crippen molar-refractivity contribution in [2.24, 2.45) is 0 Å². The first-order valence-electron chi connectivity index (χ1n) is 6.54. The van der Waals surface area contributed by atoms with Gasteiger partial charge < -0.3 is 0 Å². The molecule has 0 fully saturated rings. The maximum atomic E-state index is 6.53. The van der Waals surface area contributed by atoms with Gasteiger partial charge in [0.15, 0.2) is 0 Å². The van der Waals surface area contributed by atoms with Gasteiger partial charge in [0, 0.05) is 22.3 Å². The van der Waals surface area contributed by atoms with Crippen molar-refractivity contribution >= 4 is 45.9 Å². The molecule has 0 amide bonds. The summed E-state index contributed by atoms with van der Waals surface area (Å²) in [5, 5.41) is 2.12. The molecule has 0 unspecified atom stereocenters. The molecule has 1 aromatic heterocycles. The van der Waals surface area contributed by atoms with E-state index in [1.54, 1.807) is 11.8 Å². The van der Waals surface area contributed by atoms with Gasteiger partial charge in [-0.15, -0.1) is 11.8 Å². The van der Waals surface area contributed by atoms with E-state index in [0.717, 1.165) is 16.5 Å². The lowest BCUT2D eigenvalue weighted by Crippen LogP contribution is -1.95. The van der Waals surface area contributed by atoms with Crippen LogP contribution in [0, 0.1) is 0 Å². The zero-order valence-corrected chi connectivity index (χ0v) is 13.8. The van der Waals surface area contributed by atoms with Crippen molar-refractivity contribution in [3.8, 4) is 0 Å². The highest BCUT2D eigenvalue weighted by Crippen LogP contribution is 2.32. The molecular formula is C17H13Cl2NS. The molecular weight excluding hydrogens is 321 g/mol. The second-order valence-corrected chi connectivity index (χ2v) is 6.35. The van der Waals surface area contributed by atoms with Crippen LogP contribution in [0.5, 0.6) is 0 Å². The molecule has 1 heterocycles. The minimum Gasteiger partial charge on any atom is -0.236 e. The summed E-state index contributed by atoms with van der Waals surface area (Å²) >= 11 is 14.6. The third-order valence-corrected chi connectivity index (χ3v) is 4.90. The predicted molar refractivity (Wildman–Crippen MR) is 92.8 cm³/mol. The molecule has 3 aromatic rings. The quantitative estimate of drug-likeness (QED) is 0.440. The molecule has 0 aliphatic carbocycles. The van der Waals surface area contributed by atoms with Gasteiger partial charge in [-0.2, -0.15) is 0 Å². The Morgan fingerprint density at radius 2 is 1.71 bits per heavy atom. The van der Waals surface area contributed by atoms with Crippen molar-refractivity contribution in [3.05, 3.63) is 69.8 Å². The zero-order chi connectivity index (χ0) is 14.8. The van der Waals surface area contributed by atoms with E-state index < -0.39 is 0 Å². The van der Waals surface area contributed by atoms with Gasteiger partial charge in [0.05, 0.1) is 10.5 Å². The highest BCUT2D eigenvalue weighted by atomic mass is 35.5. The predicted octanol–water partition coefficient (Wildman–Crippen LogP) is 5.85. The number of aromatic nitrogens is 1. The fraction of sp³-hybridized carbons (Fsp3) is 0.118. The topological polar surface area (TPSA) is 12.9 Å². The van der Waals surface area contributed by atoms with E-state index in [1.807, 2.05) is 24.3 Å². The number of hydrogen-bond acceptors (Lipinski definition) is 2. The Labute approximate surface area is 138 Å². The molecule has 4 heteroatoms. The number of pyridine rings is 1. The first kappa shape index (κ1) is 14.7. The van der Waals surface area contributed by atoms with Crippen molar-refractivity contribution in [1.82, 2.24) is 4.98 Å². The highest BCUT2D eigenvalue weighted by molar-refractivity contribution is 7.98. The Morgan fingerprint density at radius 3 is 2.43 bits per heavy atom. The van der Waals surface area contributed by atoms with Gasteiger partial charge in [-0.3, -0.25) is 0 Å². The van der Waals surface area contributed by atoms with Crippen LogP contribution in [0.1, 0.15) is 11.1 Å². The lowest BCUT2D eigenvalue weighted by molar-refractivity contribution is 1.16. The van der Waals surface area contributed by atoms with E-state index in [9.17, 15) is 0 Å². The molecule has 0 atom stereocenters. The summed E-state index contributed by atoms with van der Waals surface area (Å²) in [5.74, 6) is 0. The maximum absolute atomic E-state index is 6.53. The Morgan fingerprint density at radius 1 is 1.00 bits per heavy atom. The Kier molecular flexibility index (Phi) is 4.39. The fourth-order valence-electron chi connectivity index (χ4n) is 2.28. The summed E-state index contributed by atoms with van der Waals surface area (Å²) in [6.07, 6.45) is 2.75. The summed E-state index contributed by atoms with van der Waals surface area (Å²) < 4.78 is 0. The van der Waals surface area contributed by atoms with Crippen LogP contribution in [0.25, 0.3) is 10.9 Å². The maximum Gasteiger partial charge on any atom is 0.134 e. The van der Waals surface area contributed by atoms with Crippen LogP contribution in [-0.4, -0.2) is 11.2 Å². The number of nitrogens with zero attached hydrogens (tertiary/aromatic N) is 1. The number of hydrogen-bond donors (Lipinski definition) is 0. The third kappa shape index (κ3) is 3.03. The van der Waals surface area contributed by atoms with Gasteiger partial charge >= 0.3 is 0 Å². The third-order valence-electron chi connectivity index (χ3n) is 3.41. The zero-order valence-electron chi connectivity index (χ0n) is 11.4. The van der Waals surface area contributed by atoms with Gasteiger partial charge in [0.25, 0.3) is 0 Å². The first-order valence-corrected chi connectivity index (χ1v) is 8.52. The summed E-state index contributed by atoms with van der Waals surface area (Å²) in [4.78, 5) is 5.69. The number of rotatable bonds is 3. The van der Waals surface area contributed by atoms with E-state index in [4.69, 9.17) is 23.2 Å². The summed E-state index contributed by atoms with van der Waals surface area (Å²) in [5.41, 5.74) is 2.89. The van der Waals surface area contributed by atoms with Crippen LogP contribution in [0.15, 0.2) is 53.4 Å². The average molecular weight is 334 g/mol. The van der Waals surface area contributed by atoms with Crippen LogP contribution in [0.3, 0.4) is 0 Å². The minimum absolute atomic E-state index is 0.479. The Bertz CT molecular complexity index is 785. The molecule has 0 saturated carbocycles. The molecule has 0 spiro atoms. The summed E-state index contributed by atoms with van der Waals surface area (Å²) in [6.45, 7) is 0. The summed E-state index contributed by atoms with van der Waals surface area (Å²) in [7, 11) is 0. The van der Waals surface area contributed by atoms with Gasteiger partial charge in [-0.25, -0.2) is 4.98 Å². The van der Waals surface area contributed by atoms with Crippen LogP contribution in [0.2, 0.25) is 10.2 Å². The van der Waals surface area contributed by atoms with E-state index in [-0.39, 0.29) is 0 Å². The molecule has 21 heavy (non-hydrogen) atoms. The van der Waals surface area contributed by atoms with Crippen LogP contribution in [-0.2, 0) is 6.42 Å². The number of halogens is 2. The number of benzene rings is 2. The van der Waals surface area contributed by atoms with E-state index in [2.05, 4.69) is 35.5 Å². The van der Waals surface area contributed by atoms with Crippen molar-refractivity contribution in [2.45, 2.75) is 11.3 Å². The van der Waals surface area contributed by atoms with Crippen molar-refractivity contribution in [1.29, 1.82) is 0 Å². The van der Waals surface area contributed by atoms with Gasteiger partial charge in [0.2, 0.25) is 0 Å². The molecule has 0 N–H and O–H groups in total. The molecule has 0 bridgehead atoms. The number of para-hydroxylation sites is 1. The fourth-order valence-corrected chi connectivity index (χ4v) is 3.31. The second kappa shape index (κ2) is 6.27. The lowest BCUT2D eigenvalue weighted by atomic mass is 10.0. The lowest BCUT2D eigenvalue weighted by Gasteiger charge is -2.10. The Hall–Kier alpha value is -1.22. The van der Waals surface area contributed by atoms with Crippen molar-refractivity contribution < 1.29 is 0 Å². The van der Waals surface area contributed by atoms with Crippen LogP contribution >= 0.6 is 35.0 Å². The molecule has 2 aromatic carbocycles. The van der Waals surface area contributed by atoms with Crippen LogP contribution in [0.4, 0.5) is 0 Å². The van der Waals surface area contributed by atoms with E-state index in [1.165, 1.54) is 10.5 Å². The highest BCUT2D eigenvalue weighted by Gasteiger charge is 2.12. The van der Waals surface area contributed by atoms with Crippen molar-refractivity contribution in [2.75, 3.05) is 6.26 Å². The first-order chi connectivity index (χ1) is 10.2. The summed E-state index contributed by atoms with van der Waals surface area (Å²) in [6, 6.07) is 16.2. The molecule has 0 aliphatic rings. The SMILES string of the molecule is CSc1ccc(Cc2c(Cl)nc3ccccc3c2Cl)cc1. The van der Waals surface area contributed by atoms with Gasteiger partial charge in [-0.05, 0) is 30.0 Å². The molecule has 3 rings (SSSR count). The Balaban J connectivity index is 2.03. The molecule has 0 radical (unpaired) electrons. The number of thioether (sulfide) groups is 1. The van der Waals surface area contributed by atoms with Crippen molar-refractivity contribution in [3.63, 3.8) is 0 Å². The smallest absolute Gasteiger partial charge is 0.134 e. The standard InChI is InChI=1S/C17H13Cl2NS/c1-21-12-8-6-11(7-9-12)10-14-16(18)13-4-2-3-5-15(13)20-17(14)19/h2-9H,10H2,1H3. The molecule has 0 saturated heterocycles. The van der Waals surface area contributed by atoms with Gasteiger partial charge in [-0.1, -0.05) is 53.5 Å². The monoisotopic (exact) mass is 333 g/mol. The minimum atomic E-state index is 0.479.